The van der Waals surface area contributed by atoms with Crippen molar-refractivity contribution >= 4 is 0 Å². The topological polar surface area (TPSA) is 123 Å². The first-order valence-corrected chi connectivity index (χ1v) is 6.51. The lowest BCUT2D eigenvalue weighted by Crippen LogP contribution is -2.58. The second kappa shape index (κ2) is 6.98. The van der Waals surface area contributed by atoms with E-state index >= 15 is 0 Å². The van der Waals surface area contributed by atoms with Crippen molar-refractivity contribution in [3.63, 3.8) is 0 Å². The lowest BCUT2D eigenvalue weighted by atomic mass is 10.00. The highest BCUT2D eigenvalue weighted by Crippen LogP contribution is 2.13. The van der Waals surface area contributed by atoms with E-state index in [1.807, 2.05) is 32.9 Å². The van der Waals surface area contributed by atoms with Crippen LogP contribution >= 0.6 is 0 Å². The number of aromatic nitrogens is 1. The van der Waals surface area contributed by atoms with Crippen molar-refractivity contribution in [2.75, 3.05) is 0 Å². The fourth-order valence-corrected chi connectivity index (χ4v) is 1.20. The molecule has 0 saturated carbocycles. The number of nitrogens with zero attached hydrogens (tertiary/aromatic N) is 1. The summed E-state index contributed by atoms with van der Waals surface area (Å²) in [5, 5.41) is 9.54. The van der Waals surface area contributed by atoms with Crippen molar-refractivity contribution in [3.8, 4) is 0 Å². The molecule has 0 bridgehead atoms. The molecule has 1 aromatic rings. The minimum absolute atomic E-state index is 0.593. The fourth-order valence-electron chi connectivity index (χ4n) is 1.20. The third-order valence-electron chi connectivity index (χ3n) is 2.09. The molecule has 0 spiro atoms. The minimum atomic E-state index is -4.69. The number of aryl methyl sites for hydroxylation is 2. The Bertz CT molecular complexity index is 353. The number of halogens is 1. The highest BCUT2D eigenvalue weighted by Gasteiger charge is 2.13. The lowest BCUT2D eigenvalue weighted by molar-refractivity contribution is -1.92. The lowest BCUT2D eigenvalue weighted by Gasteiger charge is -2.16. The summed E-state index contributed by atoms with van der Waals surface area (Å²) in [5.74, 6) is 0. The molecule has 0 atom stereocenters. The molecule has 0 radical (unpaired) electrons. The predicted molar refractivity (Wildman–Crippen MR) is 55.8 cm³/mol. The number of aliphatic hydroxyl groups is 1. The summed E-state index contributed by atoms with van der Waals surface area (Å²) < 4.78 is 32.7. The summed E-state index contributed by atoms with van der Waals surface area (Å²) in [6.07, 6.45) is 3.40. The Kier molecular flexibility index (Phi) is 6.69. The van der Waals surface area contributed by atoms with Gasteiger partial charge in [-0.05, 0) is 45.2 Å². The zero-order chi connectivity index (χ0) is 14.4. The Hall–Kier alpha value is -0.760. The van der Waals surface area contributed by atoms with Crippen LogP contribution in [0.5, 0.6) is 0 Å². The SMILES string of the molecule is Cc1cccnc1CCC(C)(C)O.[O-][Cl+3]([O-])([O-])O. The Balaban J connectivity index is 0.000000494. The second-order valence-corrected chi connectivity index (χ2v) is 5.27. The van der Waals surface area contributed by atoms with Crippen LogP contribution in [0.2, 0.25) is 0 Å². The zero-order valence-corrected chi connectivity index (χ0v) is 11.3. The van der Waals surface area contributed by atoms with Crippen molar-refractivity contribution in [1.82, 2.24) is 4.98 Å². The molecule has 0 amide bonds. The number of hydrogen-bond donors (Lipinski definition) is 2. The monoisotopic (exact) mass is 279 g/mol. The maximum atomic E-state index is 9.54. The first-order chi connectivity index (χ1) is 7.99. The quantitative estimate of drug-likeness (QED) is 0.658. The molecular weight excluding hydrogens is 262 g/mol. The Morgan fingerprint density at radius 3 is 2.22 bits per heavy atom. The van der Waals surface area contributed by atoms with Gasteiger partial charge in [0.2, 0.25) is 0 Å². The molecule has 1 rings (SSSR count). The molecule has 2 N–H and O–H groups in total. The zero-order valence-electron chi connectivity index (χ0n) is 10.6. The molecule has 18 heavy (non-hydrogen) atoms. The van der Waals surface area contributed by atoms with E-state index in [2.05, 4.69) is 4.98 Å². The van der Waals surface area contributed by atoms with E-state index in [4.69, 9.17) is 18.6 Å². The summed E-state index contributed by atoms with van der Waals surface area (Å²) in [6.45, 7) is 5.70. The van der Waals surface area contributed by atoms with E-state index < -0.39 is 15.8 Å². The van der Waals surface area contributed by atoms with Gasteiger partial charge < -0.3 is 5.11 Å². The van der Waals surface area contributed by atoms with Crippen molar-refractivity contribution in [3.05, 3.63) is 29.6 Å². The predicted octanol–water partition coefficient (Wildman–Crippen LogP) is -2.03. The number of hydrogen-bond acceptors (Lipinski definition) is 6. The molecule has 0 fully saturated rings. The molecule has 0 aliphatic heterocycles. The average Bonchev–Trinajstić information content (AvgIpc) is 2.12. The van der Waals surface area contributed by atoms with E-state index in [0.29, 0.717) is 0 Å². The molecule has 0 saturated heterocycles. The summed E-state index contributed by atoms with van der Waals surface area (Å²) in [5.41, 5.74) is 1.70. The van der Waals surface area contributed by atoms with Crippen LogP contribution in [-0.4, -0.2) is 20.4 Å². The first-order valence-electron chi connectivity index (χ1n) is 5.25. The van der Waals surface area contributed by atoms with E-state index in [1.54, 1.807) is 6.20 Å². The van der Waals surface area contributed by atoms with Gasteiger partial charge in [0, 0.05) is 11.9 Å². The van der Waals surface area contributed by atoms with Crippen LogP contribution in [0, 0.1) is 17.2 Å². The molecule has 0 aliphatic carbocycles. The highest BCUT2D eigenvalue weighted by molar-refractivity contribution is 5.17. The van der Waals surface area contributed by atoms with Crippen LogP contribution in [0.3, 0.4) is 0 Å². The van der Waals surface area contributed by atoms with E-state index in [0.717, 1.165) is 18.5 Å². The fraction of sp³-hybridized carbons (Fsp3) is 0.545. The maximum absolute atomic E-state index is 9.54. The van der Waals surface area contributed by atoms with Crippen LogP contribution in [-0.2, 0) is 6.42 Å². The van der Waals surface area contributed by atoms with Crippen LogP contribution in [0.15, 0.2) is 18.3 Å². The third kappa shape index (κ3) is 11.7. The molecule has 7 heteroatoms. The van der Waals surface area contributed by atoms with Crippen LogP contribution in [0.1, 0.15) is 31.5 Å². The van der Waals surface area contributed by atoms with E-state index in [-0.39, 0.29) is 0 Å². The number of pyridine rings is 1. The van der Waals surface area contributed by atoms with Gasteiger partial charge >= 0.3 is 0 Å². The van der Waals surface area contributed by atoms with Crippen LogP contribution in [0.4, 0.5) is 0 Å². The molecule has 0 unspecified atom stereocenters. The van der Waals surface area contributed by atoms with E-state index in [9.17, 15) is 5.11 Å². The van der Waals surface area contributed by atoms with E-state index in [1.165, 1.54) is 5.56 Å². The van der Waals surface area contributed by atoms with Crippen molar-refractivity contribution in [2.45, 2.75) is 39.2 Å². The molecular formula is C11H18ClNO5. The van der Waals surface area contributed by atoms with Crippen molar-refractivity contribution in [1.29, 1.82) is 0 Å². The van der Waals surface area contributed by atoms with Crippen LogP contribution in [0.25, 0.3) is 0 Å². The minimum Gasteiger partial charge on any atom is -0.390 e. The van der Waals surface area contributed by atoms with Gasteiger partial charge in [0.1, 0.15) is 0 Å². The molecule has 0 aromatic carbocycles. The summed E-state index contributed by atoms with van der Waals surface area (Å²) >= 11 is 0. The normalized spacial score (nSPS) is 11.8. The highest BCUT2D eigenvalue weighted by atomic mass is 35.7. The van der Waals surface area contributed by atoms with Gasteiger partial charge in [0.05, 0.1) is 20.5 Å². The average molecular weight is 280 g/mol. The Morgan fingerprint density at radius 2 is 1.83 bits per heavy atom. The van der Waals surface area contributed by atoms with Gasteiger partial charge in [0.25, 0.3) is 0 Å². The molecule has 1 heterocycles. The molecule has 0 aliphatic rings. The maximum Gasteiger partial charge on any atom is 0.0777 e. The van der Waals surface area contributed by atoms with Gasteiger partial charge in [-0.15, -0.1) is 0 Å². The largest absolute Gasteiger partial charge is 0.390 e. The summed E-state index contributed by atoms with van der Waals surface area (Å²) in [7, 11) is -4.69. The number of rotatable bonds is 3. The third-order valence-corrected chi connectivity index (χ3v) is 2.09. The van der Waals surface area contributed by atoms with Crippen molar-refractivity contribution in [2.24, 2.45) is 0 Å². The second-order valence-electron chi connectivity index (χ2n) is 4.48. The van der Waals surface area contributed by atoms with Gasteiger partial charge in [-0.25, -0.2) is 0 Å². The molecule has 6 nitrogen and oxygen atoms in total. The molecule has 1 aromatic heterocycles. The van der Waals surface area contributed by atoms with Gasteiger partial charge in [-0.3, -0.25) is 4.98 Å². The van der Waals surface area contributed by atoms with Gasteiger partial charge in [-0.1, -0.05) is 6.07 Å². The van der Waals surface area contributed by atoms with Crippen molar-refractivity contribution < 1.29 is 34.0 Å². The standard InChI is InChI=1S/C11H17NO.ClHO4/c1-9-5-4-8-12-10(9)6-7-11(2,3)13;2-1(3,4)5/h4-5,8,13H,6-7H2,1-3H3;(H,2,3,4,5). The van der Waals surface area contributed by atoms with Gasteiger partial charge in [0.15, 0.2) is 0 Å². The Labute approximate surface area is 108 Å². The summed E-state index contributed by atoms with van der Waals surface area (Å²) in [6, 6.07) is 3.98. The van der Waals surface area contributed by atoms with Gasteiger partial charge in [-0.2, -0.15) is 14.0 Å². The summed E-state index contributed by atoms with van der Waals surface area (Å²) in [4.78, 5) is 4.27. The van der Waals surface area contributed by atoms with Crippen LogP contribution < -0.4 is 14.0 Å². The smallest absolute Gasteiger partial charge is 0.0777 e. The first kappa shape index (κ1) is 17.2. The Morgan fingerprint density at radius 1 is 1.33 bits per heavy atom. The molecule has 104 valence electrons.